The molecule has 0 aliphatic rings. The molecule has 458 valence electrons. The zero-order chi connectivity index (χ0) is 67.2. The Hall–Kier alpha value is -12.9. The highest BCUT2D eigenvalue weighted by Crippen LogP contribution is 2.19. The lowest BCUT2D eigenvalue weighted by molar-refractivity contribution is 0.103. The Bertz CT molecular complexity index is 4770. The molecule has 12 aromatic rings. The molecular weight excluding hydrogens is 1170 g/mol. The first-order valence-electron chi connectivity index (χ1n) is 31.4. The Kier molecular flexibility index (Phi) is 22.3. The van der Waals surface area contributed by atoms with Gasteiger partial charge in [-0.15, -0.1) is 0 Å². The standard InChI is InChI=1S/2C31H22O.C30H22O2/c1-23-3-7-25(8-4-23)11-13-27-15-19-29(20-16-27)31(32)30-21-17-28(18-22-30)14-12-26-9-5-24(2)6-10-26;1-23-9-13-25(14-10-23)17-19-27-5-3-7-29(21-27)31(32)30-8-4-6-28(22-30)20-18-26-15-11-24(2)12-16-26;1-21-3-13-25(14-4-21)29(31)27-17-9-23(10-18-27)7-8-24-11-19-28(20-12-24)30(32)26-15-5-22(2)6-16-26/h3-10,15-22H,1-2H3;3-16,21-22H,1-2H3;3-6,9-20H,1-2H3. The van der Waals surface area contributed by atoms with Gasteiger partial charge in [0.15, 0.2) is 23.1 Å². The first-order valence-corrected chi connectivity index (χ1v) is 31.4. The number of rotatable bonds is 8. The van der Waals surface area contributed by atoms with Crippen LogP contribution < -0.4 is 0 Å². The maximum absolute atomic E-state index is 13.1. The van der Waals surface area contributed by atoms with Gasteiger partial charge in [-0.3, -0.25) is 19.2 Å². The molecule has 0 aliphatic heterocycles. The third-order valence-electron chi connectivity index (χ3n) is 15.4. The van der Waals surface area contributed by atoms with Crippen LogP contribution in [0.1, 0.15) is 153 Å². The Morgan fingerprint density at radius 3 is 0.510 bits per heavy atom. The summed E-state index contributed by atoms with van der Waals surface area (Å²) in [4.78, 5) is 51.1. The van der Waals surface area contributed by atoms with E-state index in [1.807, 2.05) is 281 Å². The van der Waals surface area contributed by atoms with E-state index < -0.39 is 0 Å². The molecular formula is C92H66O4. The monoisotopic (exact) mass is 1230 g/mol. The van der Waals surface area contributed by atoms with Gasteiger partial charge in [-0.05, 0) is 211 Å². The Morgan fingerprint density at radius 1 is 0.167 bits per heavy atom. The number of carbonyl (C=O) groups is 4. The number of hydrogen-bond acceptors (Lipinski definition) is 4. The molecule has 0 fully saturated rings. The molecule has 4 heteroatoms. The summed E-state index contributed by atoms with van der Waals surface area (Å²) < 4.78 is 0. The largest absolute Gasteiger partial charge is 0.289 e. The van der Waals surface area contributed by atoms with Crippen LogP contribution in [0.5, 0.6) is 0 Å². The van der Waals surface area contributed by atoms with E-state index in [2.05, 4.69) is 86.9 Å². The predicted octanol–water partition coefficient (Wildman–Crippen LogP) is 18.8. The van der Waals surface area contributed by atoms with Crippen molar-refractivity contribution in [3.8, 4) is 59.2 Å². The topological polar surface area (TPSA) is 68.3 Å². The molecule has 0 bridgehead atoms. The van der Waals surface area contributed by atoms with Crippen LogP contribution in [0.2, 0.25) is 0 Å². The van der Waals surface area contributed by atoms with E-state index in [4.69, 9.17) is 0 Å². The van der Waals surface area contributed by atoms with E-state index in [9.17, 15) is 19.2 Å². The van der Waals surface area contributed by atoms with Crippen LogP contribution in [0.15, 0.2) is 291 Å². The normalized spacial score (nSPS) is 9.94. The van der Waals surface area contributed by atoms with Gasteiger partial charge in [-0.1, -0.05) is 214 Å². The summed E-state index contributed by atoms with van der Waals surface area (Å²) in [5.74, 6) is 31.4. The van der Waals surface area contributed by atoms with Gasteiger partial charge in [0.25, 0.3) is 0 Å². The molecule has 12 rings (SSSR count). The van der Waals surface area contributed by atoms with Crippen molar-refractivity contribution in [3.05, 3.63) is 425 Å². The van der Waals surface area contributed by atoms with Crippen molar-refractivity contribution < 1.29 is 19.2 Å². The second-order valence-electron chi connectivity index (χ2n) is 23.2. The van der Waals surface area contributed by atoms with Gasteiger partial charge < -0.3 is 0 Å². The zero-order valence-electron chi connectivity index (χ0n) is 54.3. The zero-order valence-corrected chi connectivity index (χ0v) is 54.3. The number of ketones is 4. The van der Waals surface area contributed by atoms with E-state index in [0.29, 0.717) is 44.5 Å². The summed E-state index contributed by atoms with van der Waals surface area (Å²) in [5.41, 5.74) is 21.1. The van der Waals surface area contributed by atoms with Crippen LogP contribution in [0, 0.1) is 101 Å². The molecule has 4 nitrogen and oxygen atoms in total. The van der Waals surface area contributed by atoms with Crippen molar-refractivity contribution >= 4 is 23.1 Å². The summed E-state index contributed by atoms with van der Waals surface area (Å²) in [6.07, 6.45) is 0. The summed E-state index contributed by atoms with van der Waals surface area (Å²) >= 11 is 0. The second-order valence-corrected chi connectivity index (χ2v) is 23.2. The molecule has 12 aromatic carbocycles. The predicted molar refractivity (Wildman–Crippen MR) is 389 cm³/mol. The lowest BCUT2D eigenvalue weighted by atomic mass is 9.99. The van der Waals surface area contributed by atoms with Gasteiger partial charge in [0.05, 0.1) is 0 Å². The van der Waals surface area contributed by atoms with Crippen LogP contribution in [0.3, 0.4) is 0 Å². The van der Waals surface area contributed by atoms with Crippen molar-refractivity contribution in [1.29, 1.82) is 0 Å². The number of carbonyl (C=O) groups excluding carboxylic acids is 4. The van der Waals surface area contributed by atoms with Gasteiger partial charge in [0.2, 0.25) is 0 Å². The minimum Gasteiger partial charge on any atom is -0.289 e. The van der Waals surface area contributed by atoms with Crippen molar-refractivity contribution in [2.24, 2.45) is 0 Å². The minimum absolute atomic E-state index is 0.00154. The van der Waals surface area contributed by atoms with Gasteiger partial charge in [0, 0.05) is 100 Å². The minimum atomic E-state index is -0.0389. The summed E-state index contributed by atoms with van der Waals surface area (Å²) in [7, 11) is 0. The van der Waals surface area contributed by atoms with Crippen molar-refractivity contribution in [1.82, 2.24) is 0 Å². The number of aryl methyl sites for hydroxylation is 6. The summed E-state index contributed by atoms with van der Waals surface area (Å²) in [6.45, 7) is 12.2. The maximum atomic E-state index is 13.1. The van der Waals surface area contributed by atoms with Crippen LogP contribution in [0.4, 0.5) is 0 Å². The fraction of sp³-hybridized carbons (Fsp3) is 0.0652. The highest BCUT2D eigenvalue weighted by molar-refractivity contribution is 6.11. The van der Waals surface area contributed by atoms with Gasteiger partial charge in [0.1, 0.15) is 0 Å². The van der Waals surface area contributed by atoms with Crippen LogP contribution in [0.25, 0.3) is 0 Å². The highest BCUT2D eigenvalue weighted by Gasteiger charge is 2.13. The van der Waals surface area contributed by atoms with Gasteiger partial charge in [-0.25, -0.2) is 0 Å². The SMILES string of the molecule is Cc1ccc(C#Cc2ccc(C(=O)c3ccc(C#Cc4ccc(C)cc4)cc3)cc2)cc1.Cc1ccc(C#Cc2cccc(C(=O)c3cccc(C#Cc4ccc(C)cc4)c3)c2)cc1.Cc1ccc(C(=O)c2ccc(C#Cc3ccc(C(=O)c4ccc(C)cc4)cc3)cc2)cc1. The van der Waals surface area contributed by atoms with Crippen LogP contribution >= 0.6 is 0 Å². The molecule has 0 saturated heterocycles. The first-order chi connectivity index (χ1) is 46.6. The molecule has 0 spiro atoms. The molecule has 0 heterocycles. The van der Waals surface area contributed by atoms with Crippen molar-refractivity contribution in [3.63, 3.8) is 0 Å². The third-order valence-corrected chi connectivity index (χ3v) is 15.4. The van der Waals surface area contributed by atoms with E-state index in [1.54, 1.807) is 24.3 Å². The van der Waals surface area contributed by atoms with E-state index in [1.165, 1.54) is 22.3 Å². The van der Waals surface area contributed by atoms with Gasteiger partial charge in [-0.2, -0.15) is 0 Å². The molecule has 0 unspecified atom stereocenters. The van der Waals surface area contributed by atoms with Crippen molar-refractivity contribution in [2.45, 2.75) is 41.5 Å². The molecule has 0 saturated carbocycles. The smallest absolute Gasteiger partial charge is 0.193 e. The van der Waals surface area contributed by atoms with E-state index in [0.717, 1.165) is 66.8 Å². The first kappa shape index (κ1) is 66.1. The summed E-state index contributed by atoms with van der Waals surface area (Å²) in [6, 6.07) is 91.9. The van der Waals surface area contributed by atoms with E-state index in [-0.39, 0.29) is 23.1 Å². The molecule has 0 atom stereocenters. The quantitative estimate of drug-likeness (QED) is 0.112. The molecule has 0 amide bonds. The average Bonchev–Trinajstić information content (AvgIpc) is 1.08. The Balaban J connectivity index is 0.000000157. The lowest BCUT2D eigenvalue weighted by Crippen LogP contribution is -2.01. The molecule has 96 heavy (non-hydrogen) atoms. The fourth-order valence-electron chi connectivity index (χ4n) is 9.64. The fourth-order valence-corrected chi connectivity index (χ4v) is 9.64. The average molecular weight is 1240 g/mol. The third kappa shape index (κ3) is 19.3. The molecule has 0 aromatic heterocycles. The second kappa shape index (κ2) is 32.4. The van der Waals surface area contributed by atoms with Gasteiger partial charge >= 0.3 is 0 Å². The highest BCUT2D eigenvalue weighted by atomic mass is 16.1. The van der Waals surface area contributed by atoms with Crippen molar-refractivity contribution in [2.75, 3.05) is 0 Å². The number of benzene rings is 12. The lowest BCUT2D eigenvalue weighted by Gasteiger charge is -2.03. The summed E-state index contributed by atoms with van der Waals surface area (Å²) in [5, 5.41) is 0. The van der Waals surface area contributed by atoms with Crippen LogP contribution in [-0.2, 0) is 0 Å². The Morgan fingerprint density at radius 2 is 0.312 bits per heavy atom. The molecule has 0 N–H and O–H groups in total. The van der Waals surface area contributed by atoms with E-state index >= 15 is 0 Å². The van der Waals surface area contributed by atoms with Crippen LogP contribution in [-0.4, -0.2) is 23.1 Å². The maximum Gasteiger partial charge on any atom is 0.193 e. The molecule has 0 radical (unpaired) electrons. The molecule has 0 aliphatic carbocycles. The number of hydrogen-bond donors (Lipinski definition) is 0. The Labute approximate surface area is 564 Å².